The van der Waals surface area contributed by atoms with Crippen molar-refractivity contribution in [3.05, 3.63) is 59.4 Å². The van der Waals surface area contributed by atoms with Crippen LogP contribution < -0.4 is 0 Å². The molecule has 0 amide bonds. The third-order valence-corrected chi connectivity index (χ3v) is 6.97. The molecule has 0 radical (unpaired) electrons. The highest BCUT2D eigenvalue weighted by Crippen LogP contribution is 2.44. The van der Waals surface area contributed by atoms with Crippen molar-refractivity contribution in [1.29, 1.82) is 0 Å². The Labute approximate surface area is 180 Å². The van der Waals surface area contributed by atoms with Gasteiger partial charge in [-0.25, -0.2) is 4.39 Å². The molecule has 164 valence electrons. The second kappa shape index (κ2) is 9.97. The van der Waals surface area contributed by atoms with Gasteiger partial charge in [-0.2, -0.15) is 0 Å². The second-order valence-electron chi connectivity index (χ2n) is 8.70. The number of ether oxygens (including phenoxy) is 1. The summed E-state index contributed by atoms with van der Waals surface area (Å²) in [4.78, 5) is 11.5. The van der Waals surface area contributed by atoms with Crippen LogP contribution in [0, 0.1) is 18.2 Å². The van der Waals surface area contributed by atoms with Gasteiger partial charge in [-0.1, -0.05) is 19.9 Å². The molecule has 0 bridgehead atoms. The Morgan fingerprint density at radius 3 is 2.50 bits per heavy atom. The summed E-state index contributed by atoms with van der Waals surface area (Å²) in [7, 11) is 0. The highest BCUT2D eigenvalue weighted by molar-refractivity contribution is 5.24. The van der Waals surface area contributed by atoms with Gasteiger partial charge in [-0.15, -0.1) is 0 Å². The van der Waals surface area contributed by atoms with Crippen LogP contribution in [0.3, 0.4) is 0 Å². The SMILES string of the molecule is CCOC[C@@]1(CCc2ccc(F)cn2)CCN(C(CC)(CC)c2ccc(C)nc2)C1. The van der Waals surface area contributed by atoms with Crippen molar-refractivity contribution in [3.8, 4) is 0 Å². The Balaban J connectivity index is 1.81. The topological polar surface area (TPSA) is 38.2 Å². The van der Waals surface area contributed by atoms with Gasteiger partial charge in [0.15, 0.2) is 0 Å². The Morgan fingerprint density at radius 2 is 1.90 bits per heavy atom. The van der Waals surface area contributed by atoms with E-state index in [1.165, 1.54) is 17.8 Å². The zero-order chi connectivity index (χ0) is 21.6. The van der Waals surface area contributed by atoms with E-state index in [1.54, 1.807) is 6.07 Å². The van der Waals surface area contributed by atoms with E-state index >= 15 is 0 Å². The molecular formula is C25H36FN3O. The van der Waals surface area contributed by atoms with E-state index in [1.807, 2.05) is 6.92 Å². The monoisotopic (exact) mass is 413 g/mol. The highest BCUT2D eigenvalue weighted by Gasteiger charge is 2.46. The summed E-state index contributed by atoms with van der Waals surface area (Å²) in [5.74, 6) is -0.280. The summed E-state index contributed by atoms with van der Waals surface area (Å²) >= 11 is 0. The van der Waals surface area contributed by atoms with Crippen molar-refractivity contribution in [2.75, 3.05) is 26.3 Å². The van der Waals surface area contributed by atoms with Gasteiger partial charge in [0.05, 0.1) is 12.8 Å². The highest BCUT2D eigenvalue weighted by atomic mass is 19.1. The largest absolute Gasteiger partial charge is 0.381 e. The van der Waals surface area contributed by atoms with Crippen molar-refractivity contribution < 1.29 is 9.13 Å². The van der Waals surface area contributed by atoms with Gasteiger partial charge in [0.2, 0.25) is 0 Å². The van der Waals surface area contributed by atoms with Crippen LogP contribution >= 0.6 is 0 Å². The van der Waals surface area contributed by atoms with Crippen LogP contribution in [-0.4, -0.2) is 41.2 Å². The van der Waals surface area contributed by atoms with Gasteiger partial charge in [-0.05, 0) is 76.3 Å². The lowest BCUT2D eigenvalue weighted by Gasteiger charge is -2.42. The third kappa shape index (κ3) is 4.89. The summed E-state index contributed by atoms with van der Waals surface area (Å²) in [5, 5.41) is 0. The van der Waals surface area contributed by atoms with E-state index in [2.05, 4.69) is 54.0 Å². The minimum atomic E-state index is -0.280. The van der Waals surface area contributed by atoms with E-state index in [4.69, 9.17) is 4.74 Å². The van der Waals surface area contributed by atoms with E-state index < -0.39 is 0 Å². The van der Waals surface area contributed by atoms with Gasteiger partial charge < -0.3 is 4.74 Å². The molecule has 3 rings (SSSR count). The number of rotatable bonds is 10. The molecule has 4 nitrogen and oxygen atoms in total. The summed E-state index contributed by atoms with van der Waals surface area (Å²) in [5.41, 5.74) is 3.41. The normalized spacial score (nSPS) is 20.0. The number of pyridine rings is 2. The fourth-order valence-electron chi connectivity index (χ4n) is 4.99. The molecule has 30 heavy (non-hydrogen) atoms. The second-order valence-corrected chi connectivity index (χ2v) is 8.70. The predicted molar refractivity (Wildman–Crippen MR) is 119 cm³/mol. The zero-order valence-corrected chi connectivity index (χ0v) is 19.0. The molecule has 5 heteroatoms. The molecular weight excluding hydrogens is 377 g/mol. The molecule has 1 aliphatic heterocycles. The molecule has 0 spiro atoms. The number of aryl methyl sites for hydroxylation is 2. The molecule has 0 unspecified atom stereocenters. The van der Waals surface area contributed by atoms with Gasteiger partial charge in [0.25, 0.3) is 0 Å². The smallest absolute Gasteiger partial charge is 0.141 e. The quantitative estimate of drug-likeness (QED) is 0.530. The lowest BCUT2D eigenvalue weighted by atomic mass is 9.81. The van der Waals surface area contributed by atoms with E-state index in [-0.39, 0.29) is 16.8 Å². The van der Waals surface area contributed by atoms with Crippen molar-refractivity contribution in [2.24, 2.45) is 5.41 Å². The van der Waals surface area contributed by atoms with Crippen LogP contribution in [0.5, 0.6) is 0 Å². The van der Waals surface area contributed by atoms with Crippen LogP contribution in [0.25, 0.3) is 0 Å². The maximum atomic E-state index is 13.2. The maximum absolute atomic E-state index is 13.2. The van der Waals surface area contributed by atoms with E-state index in [9.17, 15) is 4.39 Å². The molecule has 2 aromatic rings. The Bertz CT molecular complexity index is 789. The summed E-state index contributed by atoms with van der Waals surface area (Å²) < 4.78 is 19.2. The number of likely N-dealkylation sites (tertiary alicyclic amines) is 1. The standard InChI is InChI=1S/C25H36FN3O/c1-5-25(6-2,21-9-8-20(4)27-16-21)29-15-14-24(18-29,19-30-7-3)13-12-23-11-10-22(26)17-28-23/h8-11,16-17H,5-7,12-15,18-19H2,1-4H3/t24-/m0/s1. The first-order valence-electron chi connectivity index (χ1n) is 11.3. The van der Waals surface area contributed by atoms with Gasteiger partial charge >= 0.3 is 0 Å². The van der Waals surface area contributed by atoms with Gasteiger partial charge in [-0.3, -0.25) is 14.9 Å². The van der Waals surface area contributed by atoms with Crippen LogP contribution in [0.15, 0.2) is 36.7 Å². The third-order valence-electron chi connectivity index (χ3n) is 6.97. The lowest BCUT2D eigenvalue weighted by Crippen LogP contribution is -2.46. The van der Waals surface area contributed by atoms with Crippen molar-refractivity contribution >= 4 is 0 Å². The van der Waals surface area contributed by atoms with Gasteiger partial charge in [0.1, 0.15) is 5.82 Å². The van der Waals surface area contributed by atoms with Gasteiger partial charge in [0, 0.05) is 41.7 Å². The first-order valence-corrected chi connectivity index (χ1v) is 11.3. The number of halogens is 1. The first-order chi connectivity index (χ1) is 14.5. The van der Waals surface area contributed by atoms with Crippen LogP contribution in [0.4, 0.5) is 4.39 Å². The number of nitrogens with zero attached hydrogens (tertiary/aromatic N) is 3. The number of hydrogen-bond donors (Lipinski definition) is 0. The number of aromatic nitrogens is 2. The molecule has 1 aliphatic rings. The Kier molecular flexibility index (Phi) is 7.59. The van der Waals surface area contributed by atoms with Crippen LogP contribution in [-0.2, 0) is 16.7 Å². The summed E-state index contributed by atoms with van der Waals surface area (Å²) in [6.45, 7) is 12.2. The van der Waals surface area contributed by atoms with Crippen molar-refractivity contribution in [3.63, 3.8) is 0 Å². The van der Waals surface area contributed by atoms with Crippen LogP contribution in [0.2, 0.25) is 0 Å². The molecule has 1 saturated heterocycles. The predicted octanol–water partition coefficient (Wildman–Crippen LogP) is 5.30. The molecule has 1 atom stereocenters. The fourth-order valence-corrected chi connectivity index (χ4v) is 4.99. The lowest BCUT2D eigenvalue weighted by molar-refractivity contribution is 0.0298. The molecule has 2 aromatic heterocycles. The molecule has 0 aromatic carbocycles. The Morgan fingerprint density at radius 1 is 1.10 bits per heavy atom. The fraction of sp³-hybridized carbons (Fsp3) is 0.600. The molecule has 3 heterocycles. The minimum absolute atomic E-state index is 0.00277. The molecule has 0 N–H and O–H groups in total. The maximum Gasteiger partial charge on any atom is 0.141 e. The van der Waals surface area contributed by atoms with Crippen LogP contribution in [0.1, 0.15) is 63.4 Å². The van der Waals surface area contributed by atoms with Crippen molar-refractivity contribution in [1.82, 2.24) is 14.9 Å². The summed E-state index contributed by atoms with van der Waals surface area (Å²) in [6.07, 6.45) is 8.44. The minimum Gasteiger partial charge on any atom is -0.381 e. The number of hydrogen-bond acceptors (Lipinski definition) is 4. The van der Waals surface area contributed by atoms with E-state index in [0.717, 1.165) is 69.8 Å². The zero-order valence-electron chi connectivity index (χ0n) is 19.0. The van der Waals surface area contributed by atoms with Crippen molar-refractivity contribution in [2.45, 2.75) is 65.3 Å². The average Bonchev–Trinajstić information content (AvgIpc) is 3.19. The molecule has 0 saturated carbocycles. The molecule has 0 aliphatic carbocycles. The average molecular weight is 414 g/mol. The summed E-state index contributed by atoms with van der Waals surface area (Å²) in [6, 6.07) is 7.68. The van der Waals surface area contributed by atoms with E-state index in [0.29, 0.717) is 0 Å². The molecule has 1 fully saturated rings. The Hall–Kier alpha value is -1.85. The first kappa shape index (κ1) is 22.8.